The molecule has 0 aromatic heterocycles. The summed E-state index contributed by atoms with van der Waals surface area (Å²) in [6.07, 6.45) is -4.35. The summed E-state index contributed by atoms with van der Waals surface area (Å²) in [6, 6.07) is 14.9. The second-order valence-electron chi connectivity index (χ2n) is 15.0. The number of nitrogens with one attached hydrogen (secondary N) is 3. The minimum absolute atomic E-state index is 0.0196. The van der Waals surface area contributed by atoms with E-state index in [9.17, 15) is 37.1 Å². The van der Waals surface area contributed by atoms with Crippen LogP contribution in [-0.2, 0) is 63.1 Å². The number of esters is 1. The van der Waals surface area contributed by atoms with Crippen LogP contribution in [0.5, 0.6) is 0 Å². The number of carbonyl (C=O) groups excluding carboxylic acids is 5. The lowest BCUT2D eigenvalue weighted by atomic mass is 10.0. The average Bonchev–Trinajstić information content (AvgIpc) is 3.59. The Balaban J connectivity index is 0.728. The van der Waals surface area contributed by atoms with Crippen molar-refractivity contribution in [1.82, 2.24) is 10.2 Å². The molecule has 3 aromatic rings. The molecule has 0 spiro atoms. The number of rotatable bonds is 35. The molecule has 69 heavy (non-hydrogen) atoms. The van der Waals surface area contributed by atoms with Crippen molar-refractivity contribution < 1.29 is 84.5 Å². The number of benzene rings is 3. The Bertz CT molecular complexity index is 2100. The summed E-state index contributed by atoms with van der Waals surface area (Å²) in [7, 11) is 0. The van der Waals surface area contributed by atoms with Crippen LogP contribution in [0, 0.1) is 0 Å². The summed E-state index contributed by atoms with van der Waals surface area (Å²) in [5.41, 5.74) is 0.720. The molecule has 1 atom stereocenters. The lowest BCUT2D eigenvalue weighted by Crippen LogP contribution is -2.54. The first-order chi connectivity index (χ1) is 33.5. The molecule has 4 amide bonds. The summed E-state index contributed by atoms with van der Waals surface area (Å²) >= 11 is 0. The number of ether oxygens (including phenoxy) is 10. The maximum Gasteiger partial charge on any atom is 0.416 e. The van der Waals surface area contributed by atoms with E-state index in [-0.39, 0.29) is 55.0 Å². The maximum absolute atomic E-state index is 13.2. The van der Waals surface area contributed by atoms with Gasteiger partial charge in [0.2, 0.25) is 11.8 Å². The van der Waals surface area contributed by atoms with Crippen molar-refractivity contribution in [2.45, 2.75) is 25.1 Å². The van der Waals surface area contributed by atoms with Crippen LogP contribution in [0.3, 0.4) is 0 Å². The van der Waals surface area contributed by atoms with Gasteiger partial charge in [-0.2, -0.15) is 13.2 Å². The number of fused-ring (bicyclic) bond motifs is 1. The summed E-state index contributed by atoms with van der Waals surface area (Å²) in [5, 5.41) is 8.17. The fourth-order valence-electron chi connectivity index (χ4n) is 6.75. The zero-order valence-electron chi connectivity index (χ0n) is 38.2. The van der Waals surface area contributed by atoms with E-state index in [1.807, 2.05) is 0 Å². The predicted octanol–water partition coefficient (Wildman–Crippen LogP) is 4.27. The van der Waals surface area contributed by atoms with E-state index >= 15 is 0 Å². The Morgan fingerprint density at radius 3 is 1.62 bits per heavy atom. The summed E-state index contributed by atoms with van der Waals surface area (Å²) in [6.45, 7) is 6.92. The van der Waals surface area contributed by atoms with Crippen LogP contribution >= 0.6 is 0 Å². The molecule has 5 rings (SSSR count). The number of hydrogen-bond acceptors (Lipinski definition) is 17. The monoisotopic (exact) mass is 976 g/mol. The lowest BCUT2D eigenvalue weighted by molar-refractivity contribution is -0.138. The van der Waals surface area contributed by atoms with Crippen LogP contribution in [0.15, 0.2) is 66.7 Å². The van der Waals surface area contributed by atoms with Gasteiger partial charge in [0, 0.05) is 24.3 Å². The average molecular weight is 977 g/mol. The second kappa shape index (κ2) is 30.1. The number of imide groups is 2. The molecule has 0 bridgehead atoms. The van der Waals surface area contributed by atoms with Gasteiger partial charge < -0.3 is 58.0 Å². The van der Waals surface area contributed by atoms with Gasteiger partial charge in [-0.3, -0.25) is 29.4 Å². The molecule has 22 heteroatoms. The van der Waals surface area contributed by atoms with Crippen molar-refractivity contribution in [3.63, 3.8) is 0 Å². The fraction of sp³-hybridized carbons (Fsp3) is 0.511. The zero-order valence-corrected chi connectivity index (χ0v) is 38.2. The van der Waals surface area contributed by atoms with E-state index in [0.29, 0.717) is 124 Å². The molecule has 3 N–H and O–H groups in total. The molecule has 2 aliphatic rings. The number of anilines is 3. The third-order valence-corrected chi connectivity index (χ3v) is 10.1. The maximum atomic E-state index is 13.2. The summed E-state index contributed by atoms with van der Waals surface area (Å²) < 4.78 is 94.0. The minimum Gasteiger partial charge on any atom is -0.460 e. The highest BCUT2D eigenvalue weighted by atomic mass is 19.4. The van der Waals surface area contributed by atoms with Crippen LogP contribution in [0.2, 0.25) is 0 Å². The van der Waals surface area contributed by atoms with Gasteiger partial charge in [0.15, 0.2) is 0 Å². The van der Waals surface area contributed by atoms with Gasteiger partial charge in [-0.25, -0.2) is 4.79 Å². The van der Waals surface area contributed by atoms with Crippen molar-refractivity contribution in [2.24, 2.45) is 0 Å². The molecule has 3 aromatic carbocycles. The molecule has 1 fully saturated rings. The highest BCUT2D eigenvalue weighted by molar-refractivity contribution is 6.25. The van der Waals surface area contributed by atoms with E-state index in [1.165, 1.54) is 18.2 Å². The Morgan fingerprint density at radius 1 is 0.594 bits per heavy atom. The number of halogens is 3. The topological polar surface area (TPSA) is 217 Å². The van der Waals surface area contributed by atoms with E-state index in [1.54, 1.807) is 36.4 Å². The SMILES string of the molecule is O=C1CCC(N2C(=O)c3cccc(NCCOCCOCCOCCOCCOCCOCCOCCOCCOCCOC(=O)c4ccccc4Nc4cccc(C(F)(F)F)c4)c3C2=O)C(=O)N1. The first-order valence-corrected chi connectivity index (χ1v) is 22.5. The van der Waals surface area contributed by atoms with Gasteiger partial charge in [0.25, 0.3) is 11.8 Å². The van der Waals surface area contributed by atoms with Crippen LogP contribution in [0.25, 0.3) is 0 Å². The van der Waals surface area contributed by atoms with E-state index in [0.717, 1.165) is 17.0 Å². The van der Waals surface area contributed by atoms with E-state index in [4.69, 9.17) is 47.4 Å². The van der Waals surface area contributed by atoms with Gasteiger partial charge in [0.05, 0.1) is 147 Å². The van der Waals surface area contributed by atoms with Gasteiger partial charge in [-0.05, 0) is 48.9 Å². The molecular formula is C47H59F3N4O15. The van der Waals surface area contributed by atoms with Gasteiger partial charge in [-0.1, -0.05) is 24.3 Å². The summed E-state index contributed by atoms with van der Waals surface area (Å²) in [4.78, 5) is 63.6. The number of carbonyl (C=O) groups is 5. The first-order valence-electron chi connectivity index (χ1n) is 22.5. The quantitative estimate of drug-likeness (QED) is 0.0426. The Kier molecular flexibility index (Phi) is 23.8. The highest BCUT2D eigenvalue weighted by Gasteiger charge is 2.45. The largest absolute Gasteiger partial charge is 0.460 e. The molecule has 2 aliphatic heterocycles. The number of para-hydroxylation sites is 1. The Labute approximate surface area is 397 Å². The molecule has 0 aliphatic carbocycles. The van der Waals surface area contributed by atoms with Gasteiger partial charge in [0.1, 0.15) is 12.6 Å². The normalized spacial score (nSPS) is 14.8. The van der Waals surface area contributed by atoms with Crippen molar-refractivity contribution in [3.8, 4) is 0 Å². The Morgan fingerprint density at radius 2 is 1.09 bits per heavy atom. The fourth-order valence-corrected chi connectivity index (χ4v) is 6.75. The van der Waals surface area contributed by atoms with Crippen LogP contribution in [-0.4, -0.2) is 173 Å². The van der Waals surface area contributed by atoms with Crippen LogP contribution in [0.4, 0.5) is 30.2 Å². The van der Waals surface area contributed by atoms with Crippen molar-refractivity contribution in [3.05, 3.63) is 89.0 Å². The number of nitrogens with zero attached hydrogens (tertiary/aromatic N) is 1. The standard InChI is InChI=1S/C47H59F3N4O15/c48-47(49,50)34-5-3-6-35(33-34)52-38-9-2-1-7-36(38)46(59)69-32-31-68-30-29-67-28-27-66-26-25-65-24-23-64-22-21-63-20-19-62-18-17-61-16-15-60-14-13-51-39-10-4-8-37-42(39)45(58)54(44(37)57)40-11-12-41(55)53-43(40)56/h1-10,33,40,51-52H,11-32H2,(H,53,55,56). The van der Waals surface area contributed by atoms with Crippen LogP contribution < -0.4 is 16.0 Å². The van der Waals surface area contributed by atoms with Crippen molar-refractivity contribution in [1.29, 1.82) is 0 Å². The smallest absolute Gasteiger partial charge is 0.416 e. The van der Waals surface area contributed by atoms with E-state index < -0.39 is 47.4 Å². The highest BCUT2D eigenvalue weighted by Crippen LogP contribution is 2.33. The molecular weight excluding hydrogens is 918 g/mol. The zero-order chi connectivity index (χ0) is 49.1. The number of piperidine rings is 1. The minimum atomic E-state index is -4.49. The number of amides is 4. The molecule has 1 saturated heterocycles. The molecule has 2 heterocycles. The van der Waals surface area contributed by atoms with Crippen molar-refractivity contribution >= 4 is 46.7 Å². The summed E-state index contributed by atoms with van der Waals surface area (Å²) in [5.74, 6) is -2.87. The van der Waals surface area contributed by atoms with Crippen LogP contribution in [0.1, 0.15) is 49.5 Å². The van der Waals surface area contributed by atoms with E-state index in [2.05, 4.69) is 16.0 Å². The van der Waals surface area contributed by atoms with Crippen molar-refractivity contribution in [2.75, 3.05) is 143 Å². The molecule has 0 saturated carbocycles. The third kappa shape index (κ3) is 18.7. The lowest BCUT2D eigenvalue weighted by Gasteiger charge is -2.27. The van der Waals surface area contributed by atoms with Gasteiger partial charge >= 0.3 is 12.1 Å². The second-order valence-corrected chi connectivity index (χ2v) is 15.0. The van der Waals surface area contributed by atoms with Gasteiger partial charge in [-0.15, -0.1) is 0 Å². The molecule has 0 radical (unpaired) electrons. The number of alkyl halides is 3. The molecule has 378 valence electrons. The predicted molar refractivity (Wildman–Crippen MR) is 240 cm³/mol. The first kappa shape index (κ1) is 54.4. The molecule has 19 nitrogen and oxygen atoms in total. The third-order valence-electron chi connectivity index (χ3n) is 10.1. The Hall–Kier alpha value is -5.56. The number of hydrogen-bond donors (Lipinski definition) is 3. The molecule has 1 unspecified atom stereocenters.